The minimum Gasteiger partial charge on any atom is -0.465 e. The van der Waals surface area contributed by atoms with Crippen molar-refractivity contribution >= 4 is 17.3 Å². The second-order valence-corrected chi connectivity index (χ2v) is 6.76. The predicted octanol–water partition coefficient (Wildman–Crippen LogP) is 3.93. The molecule has 2 rings (SSSR count). The van der Waals surface area contributed by atoms with Crippen molar-refractivity contribution in [3.05, 3.63) is 40.9 Å². The standard InChI is InChI=1S/C18H24N2O2S/c1-5-22-17(21)11-20(4)10-16-12-23-18(19-16)15-8-6-14(7-9-15)13(2)3/h6-9,12-13H,5,10-11H2,1-4H3. The molecular weight excluding hydrogens is 308 g/mol. The number of carbonyl (C=O) groups excluding carboxylic acids is 1. The van der Waals surface area contributed by atoms with Crippen LogP contribution in [0, 0.1) is 0 Å². The first-order chi connectivity index (χ1) is 11.0. The van der Waals surface area contributed by atoms with E-state index in [1.807, 2.05) is 24.3 Å². The molecule has 0 unspecified atom stereocenters. The van der Waals surface area contributed by atoms with Crippen molar-refractivity contribution < 1.29 is 9.53 Å². The van der Waals surface area contributed by atoms with E-state index in [0.29, 0.717) is 19.1 Å². The van der Waals surface area contributed by atoms with Crippen LogP contribution in [0.25, 0.3) is 10.6 Å². The van der Waals surface area contributed by atoms with Crippen LogP contribution in [0.1, 0.15) is 37.9 Å². The molecule has 23 heavy (non-hydrogen) atoms. The van der Waals surface area contributed by atoms with Gasteiger partial charge in [0.15, 0.2) is 0 Å². The van der Waals surface area contributed by atoms with Gasteiger partial charge in [0.1, 0.15) is 5.01 Å². The second-order valence-electron chi connectivity index (χ2n) is 5.90. The van der Waals surface area contributed by atoms with Gasteiger partial charge in [0, 0.05) is 17.5 Å². The maximum absolute atomic E-state index is 11.5. The third-order valence-corrected chi connectivity index (χ3v) is 4.45. The molecule has 0 bridgehead atoms. The van der Waals surface area contributed by atoms with Gasteiger partial charge in [-0.15, -0.1) is 11.3 Å². The van der Waals surface area contributed by atoms with Gasteiger partial charge >= 0.3 is 5.97 Å². The molecule has 4 nitrogen and oxygen atoms in total. The molecule has 0 fully saturated rings. The number of nitrogens with zero attached hydrogens (tertiary/aromatic N) is 2. The highest BCUT2D eigenvalue weighted by molar-refractivity contribution is 7.13. The minimum absolute atomic E-state index is 0.199. The maximum Gasteiger partial charge on any atom is 0.320 e. The van der Waals surface area contributed by atoms with E-state index < -0.39 is 0 Å². The van der Waals surface area contributed by atoms with E-state index in [1.165, 1.54) is 5.56 Å². The van der Waals surface area contributed by atoms with Crippen LogP contribution in [0.3, 0.4) is 0 Å². The summed E-state index contributed by atoms with van der Waals surface area (Å²) in [6.45, 7) is 7.53. The zero-order valence-corrected chi connectivity index (χ0v) is 15.0. The van der Waals surface area contributed by atoms with E-state index >= 15 is 0 Å². The van der Waals surface area contributed by atoms with Gasteiger partial charge < -0.3 is 4.74 Å². The third-order valence-electron chi connectivity index (χ3n) is 3.51. The number of hydrogen-bond acceptors (Lipinski definition) is 5. The molecule has 0 N–H and O–H groups in total. The molecule has 0 aliphatic rings. The molecule has 0 radical (unpaired) electrons. The smallest absolute Gasteiger partial charge is 0.320 e. The monoisotopic (exact) mass is 332 g/mol. The van der Waals surface area contributed by atoms with Crippen molar-refractivity contribution in [2.75, 3.05) is 20.2 Å². The molecule has 2 aromatic rings. The predicted molar refractivity (Wildman–Crippen MR) is 94.6 cm³/mol. The third kappa shape index (κ3) is 5.15. The summed E-state index contributed by atoms with van der Waals surface area (Å²) in [6, 6.07) is 8.57. The molecule has 0 saturated carbocycles. The first-order valence-electron chi connectivity index (χ1n) is 7.88. The van der Waals surface area contributed by atoms with Gasteiger partial charge in [-0.3, -0.25) is 9.69 Å². The zero-order valence-electron chi connectivity index (χ0n) is 14.2. The zero-order chi connectivity index (χ0) is 16.8. The lowest BCUT2D eigenvalue weighted by Gasteiger charge is -2.13. The molecule has 0 aliphatic carbocycles. The first kappa shape index (κ1) is 17.6. The molecular formula is C18H24N2O2S. The number of benzene rings is 1. The number of carbonyl (C=O) groups is 1. The van der Waals surface area contributed by atoms with Gasteiger partial charge in [0.25, 0.3) is 0 Å². The Morgan fingerprint density at radius 2 is 2.00 bits per heavy atom. The van der Waals surface area contributed by atoms with Gasteiger partial charge in [0.2, 0.25) is 0 Å². The Morgan fingerprint density at radius 1 is 1.30 bits per heavy atom. The average Bonchev–Trinajstić information content (AvgIpc) is 2.95. The van der Waals surface area contributed by atoms with Gasteiger partial charge in [-0.05, 0) is 25.5 Å². The van der Waals surface area contributed by atoms with Crippen LogP contribution in [-0.4, -0.2) is 36.1 Å². The fraction of sp³-hybridized carbons (Fsp3) is 0.444. The summed E-state index contributed by atoms with van der Waals surface area (Å²) in [4.78, 5) is 18.1. The van der Waals surface area contributed by atoms with Gasteiger partial charge in [-0.25, -0.2) is 4.98 Å². The molecule has 0 spiro atoms. The summed E-state index contributed by atoms with van der Waals surface area (Å²) >= 11 is 1.63. The van der Waals surface area contributed by atoms with Crippen LogP contribution in [-0.2, 0) is 16.1 Å². The molecule has 1 heterocycles. The summed E-state index contributed by atoms with van der Waals surface area (Å²) in [7, 11) is 1.90. The lowest BCUT2D eigenvalue weighted by atomic mass is 10.0. The van der Waals surface area contributed by atoms with Gasteiger partial charge in [-0.2, -0.15) is 0 Å². The Morgan fingerprint density at radius 3 is 2.61 bits per heavy atom. The van der Waals surface area contributed by atoms with E-state index in [-0.39, 0.29) is 12.5 Å². The fourth-order valence-corrected chi connectivity index (χ4v) is 3.10. The van der Waals surface area contributed by atoms with E-state index in [4.69, 9.17) is 4.74 Å². The Bertz CT molecular complexity index is 635. The summed E-state index contributed by atoms with van der Waals surface area (Å²) < 4.78 is 4.96. The lowest BCUT2D eigenvalue weighted by molar-refractivity contribution is -0.144. The summed E-state index contributed by atoms with van der Waals surface area (Å²) in [5, 5.41) is 3.06. The van der Waals surface area contributed by atoms with Crippen LogP contribution >= 0.6 is 11.3 Å². The van der Waals surface area contributed by atoms with E-state index in [2.05, 4.69) is 43.1 Å². The maximum atomic E-state index is 11.5. The fourth-order valence-electron chi connectivity index (χ4n) is 2.28. The highest BCUT2D eigenvalue weighted by atomic mass is 32.1. The number of esters is 1. The first-order valence-corrected chi connectivity index (χ1v) is 8.76. The largest absolute Gasteiger partial charge is 0.465 e. The number of rotatable bonds is 7. The minimum atomic E-state index is -0.199. The molecule has 0 atom stereocenters. The Hall–Kier alpha value is -1.72. The normalized spacial score (nSPS) is 11.2. The number of hydrogen-bond donors (Lipinski definition) is 0. The topological polar surface area (TPSA) is 42.4 Å². The molecule has 124 valence electrons. The molecule has 1 aromatic heterocycles. The summed E-state index contributed by atoms with van der Waals surface area (Å²) in [6.07, 6.45) is 0. The van der Waals surface area contributed by atoms with Crippen molar-refractivity contribution in [1.82, 2.24) is 9.88 Å². The highest BCUT2D eigenvalue weighted by Gasteiger charge is 2.11. The van der Waals surface area contributed by atoms with Crippen molar-refractivity contribution in [2.45, 2.75) is 33.2 Å². The number of ether oxygens (including phenoxy) is 1. The number of aromatic nitrogens is 1. The van der Waals surface area contributed by atoms with Crippen molar-refractivity contribution in [1.29, 1.82) is 0 Å². The molecule has 1 aromatic carbocycles. The van der Waals surface area contributed by atoms with E-state index in [9.17, 15) is 4.79 Å². The Balaban J connectivity index is 1.98. The van der Waals surface area contributed by atoms with Crippen LogP contribution in [0.2, 0.25) is 0 Å². The van der Waals surface area contributed by atoms with Crippen LogP contribution in [0.5, 0.6) is 0 Å². The van der Waals surface area contributed by atoms with Gasteiger partial charge in [0.05, 0.1) is 18.8 Å². The highest BCUT2D eigenvalue weighted by Crippen LogP contribution is 2.26. The second kappa shape index (κ2) is 8.22. The van der Waals surface area contributed by atoms with Crippen LogP contribution in [0.15, 0.2) is 29.6 Å². The Kier molecular flexibility index (Phi) is 6.30. The quantitative estimate of drug-likeness (QED) is 0.721. The number of likely N-dealkylation sites (N-methyl/N-ethyl adjacent to an activating group) is 1. The van der Waals surface area contributed by atoms with E-state index in [1.54, 1.807) is 11.3 Å². The summed E-state index contributed by atoms with van der Waals surface area (Å²) in [5.74, 6) is 0.335. The molecule has 5 heteroatoms. The lowest BCUT2D eigenvalue weighted by Crippen LogP contribution is -2.27. The van der Waals surface area contributed by atoms with E-state index in [0.717, 1.165) is 16.3 Å². The van der Waals surface area contributed by atoms with Crippen molar-refractivity contribution in [3.8, 4) is 10.6 Å². The molecule has 0 amide bonds. The molecule has 0 saturated heterocycles. The van der Waals surface area contributed by atoms with Crippen molar-refractivity contribution in [3.63, 3.8) is 0 Å². The van der Waals surface area contributed by atoms with Crippen LogP contribution in [0.4, 0.5) is 0 Å². The summed E-state index contributed by atoms with van der Waals surface area (Å²) in [5.41, 5.74) is 3.45. The molecule has 0 aliphatic heterocycles. The average molecular weight is 332 g/mol. The SMILES string of the molecule is CCOC(=O)CN(C)Cc1csc(-c2ccc(C(C)C)cc2)n1. The van der Waals surface area contributed by atoms with Gasteiger partial charge in [-0.1, -0.05) is 38.1 Å². The van der Waals surface area contributed by atoms with Crippen LogP contribution < -0.4 is 0 Å². The van der Waals surface area contributed by atoms with Crippen molar-refractivity contribution in [2.24, 2.45) is 0 Å². The Labute approximate surface area is 142 Å². The number of thiazole rings is 1.